The fraction of sp³-hybridized carbons (Fsp3) is 0.333. The number of nitrogens with one attached hydrogen (secondary N) is 1. The molecule has 1 atom stereocenters. The molecule has 0 spiro atoms. The third-order valence-electron chi connectivity index (χ3n) is 7.20. The molecule has 0 aliphatic heterocycles. The summed E-state index contributed by atoms with van der Waals surface area (Å²) in [6.07, 6.45) is 3.98. The van der Waals surface area contributed by atoms with E-state index in [1.54, 1.807) is 37.3 Å². The second kappa shape index (κ2) is 12.7. The van der Waals surface area contributed by atoms with Crippen LogP contribution in [0.25, 0.3) is 0 Å². The van der Waals surface area contributed by atoms with Gasteiger partial charge in [0.1, 0.15) is 12.6 Å². The molecule has 206 valence electrons. The lowest BCUT2D eigenvalue weighted by molar-refractivity contribution is -0.139. The summed E-state index contributed by atoms with van der Waals surface area (Å²) in [5.41, 5.74) is 2.21. The number of rotatable bonds is 10. The lowest BCUT2D eigenvalue weighted by atomic mass is 10.1. The van der Waals surface area contributed by atoms with E-state index in [9.17, 15) is 18.0 Å². The fourth-order valence-corrected chi connectivity index (χ4v) is 6.34. The van der Waals surface area contributed by atoms with Crippen molar-refractivity contribution in [3.05, 3.63) is 95.0 Å². The molecule has 1 fully saturated rings. The topological polar surface area (TPSA) is 86.8 Å². The Labute approximate surface area is 235 Å². The standard InChI is InChI=1S/C30H34ClN3O4S/c1-22-10-6-7-11-24(22)20-33(23(2)30(36)32-26-12-8-9-13-26)29(35)21-34(27-14-4-3-5-15-27)39(37,38)28-18-16-25(31)17-19-28/h3-7,10-11,14-19,23,26H,8-9,12-13,20-21H2,1-2H3,(H,32,36). The quantitative estimate of drug-likeness (QED) is 0.359. The van der Waals surface area contributed by atoms with Crippen LogP contribution in [0.3, 0.4) is 0 Å². The van der Waals surface area contributed by atoms with Gasteiger partial charge in [-0.05, 0) is 74.2 Å². The van der Waals surface area contributed by atoms with E-state index < -0.39 is 28.5 Å². The lowest BCUT2D eigenvalue weighted by Gasteiger charge is -2.32. The highest BCUT2D eigenvalue weighted by Crippen LogP contribution is 2.26. The number of sulfonamides is 1. The van der Waals surface area contributed by atoms with Crippen LogP contribution in [0, 0.1) is 6.92 Å². The van der Waals surface area contributed by atoms with Crippen molar-refractivity contribution >= 4 is 39.1 Å². The Bertz CT molecular complexity index is 1390. The van der Waals surface area contributed by atoms with Gasteiger partial charge in [0.2, 0.25) is 11.8 Å². The molecule has 1 N–H and O–H groups in total. The number of benzene rings is 3. The van der Waals surface area contributed by atoms with E-state index in [-0.39, 0.29) is 23.4 Å². The van der Waals surface area contributed by atoms with Crippen LogP contribution in [-0.4, -0.2) is 43.8 Å². The van der Waals surface area contributed by atoms with E-state index in [0.29, 0.717) is 10.7 Å². The molecule has 0 aromatic heterocycles. The highest BCUT2D eigenvalue weighted by atomic mass is 35.5. The van der Waals surface area contributed by atoms with Gasteiger partial charge in [-0.3, -0.25) is 13.9 Å². The Balaban J connectivity index is 1.67. The van der Waals surface area contributed by atoms with Crippen LogP contribution in [-0.2, 0) is 26.2 Å². The van der Waals surface area contributed by atoms with Gasteiger partial charge in [0, 0.05) is 17.6 Å². The molecule has 7 nitrogen and oxygen atoms in total. The highest BCUT2D eigenvalue weighted by molar-refractivity contribution is 7.92. The molecule has 1 aliphatic rings. The fourth-order valence-electron chi connectivity index (χ4n) is 4.80. The molecule has 2 amide bonds. The van der Waals surface area contributed by atoms with Crippen LogP contribution in [0.15, 0.2) is 83.8 Å². The Morgan fingerprint density at radius 3 is 2.21 bits per heavy atom. The van der Waals surface area contributed by atoms with Crippen molar-refractivity contribution in [2.75, 3.05) is 10.8 Å². The maximum atomic E-state index is 14.0. The van der Waals surface area contributed by atoms with Crippen LogP contribution in [0.2, 0.25) is 5.02 Å². The third-order valence-corrected chi connectivity index (χ3v) is 9.24. The molecule has 0 bridgehead atoms. The van der Waals surface area contributed by atoms with Gasteiger partial charge in [-0.15, -0.1) is 0 Å². The zero-order valence-electron chi connectivity index (χ0n) is 22.2. The summed E-state index contributed by atoms with van der Waals surface area (Å²) in [6.45, 7) is 3.35. The molecule has 1 unspecified atom stereocenters. The molecule has 3 aromatic carbocycles. The van der Waals surface area contributed by atoms with Crippen LogP contribution in [0.4, 0.5) is 5.69 Å². The molecule has 0 heterocycles. The first kappa shape index (κ1) is 28.6. The number of nitrogens with zero attached hydrogens (tertiary/aromatic N) is 2. The number of aryl methyl sites for hydroxylation is 1. The van der Waals surface area contributed by atoms with Gasteiger partial charge in [-0.1, -0.05) is 66.9 Å². The van der Waals surface area contributed by atoms with E-state index in [0.717, 1.165) is 41.1 Å². The van der Waals surface area contributed by atoms with Gasteiger partial charge in [0.15, 0.2) is 0 Å². The molecule has 3 aromatic rings. The van der Waals surface area contributed by atoms with Crippen molar-refractivity contribution in [2.45, 2.75) is 63.1 Å². The number of carbonyl (C=O) groups is 2. The molecule has 9 heteroatoms. The Kier molecular flexibility index (Phi) is 9.30. The molecule has 4 rings (SSSR count). The second-order valence-electron chi connectivity index (χ2n) is 9.92. The first-order chi connectivity index (χ1) is 18.7. The van der Waals surface area contributed by atoms with Crippen LogP contribution in [0.5, 0.6) is 0 Å². The first-order valence-corrected chi connectivity index (χ1v) is 15.0. The minimum absolute atomic E-state index is 0.0148. The minimum atomic E-state index is -4.12. The Hall–Kier alpha value is -3.36. The zero-order chi connectivity index (χ0) is 28.0. The monoisotopic (exact) mass is 567 g/mol. The third kappa shape index (κ3) is 6.99. The molecule has 1 aliphatic carbocycles. The smallest absolute Gasteiger partial charge is 0.264 e. The van der Waals surface area contributed by atoms with E-state index >= 15 is 0 Å². The number of hydrogen-bond acceptors (Lipinski definition) is 4. The van der Waals surface area contributed by atoms with Crippen molar-refractivity contribution in [2.24, 2.45) is 0 Å². The zero-order valence-corrected chi connectivity index (χ0v) is 23.8. The second-order valence-corrected chi connectivity index (χ2v) is 12.2. The largest absolute Gasteiger partial charge is 0.352 e. The SMILES string of the molecule is Cc1ccccc1CN(C(=O)CN(c1ccccc1)S(=O)(=O)c1ccc(Cl)cc1)C(C)C(=O)NC1CCCC1. The van der Waals surface area contributed by atoms with Crippen molar-refractivity contribution in [3.8, 4) is 0 Å². The van der Waals surface area contributed by atoms with Crippen molar-refractivity contribution in [1.82, 2.24) is 10.2 Å². The molecule has 0 radical (unpaired) electrons. The van der Waals surface area contributed by atoms with E-state index in [4.69, 9.17) is 11.6 Å². The van der Waals surface area contributed by atoms with Gasteiger partial charge < -0.3 is 10.2 Å². The number of amides is 2. The van der Waals surface area contributed by atoms with Crippen molar-refractivity contribution in [1.29, 1.82) is 0 Å². The average Bonchev–Trinajstić information content (AvgIpc) is 3.44. The maximum Gasteiger partial charge on any atom is 0.264 e. The summed E-state index contributed by atoms with van der Waals surface area (Å²) >= 11 is 5.99. The number of hydrogen-bond donors (Lipinski definition) is 1. The summed E-state index contributed by atoms with van der Waals surface area (Å²) in [6, 6.07) is 21.3. The van der Waals surface area contributed by atoms with E-state index in [1.807, 2.05) is 31.2 Å². The lowest BCUT2D eigenvalue weighted by Crippen LogP contribution is -2.52. The van der Waals surface area contributed by atoms with E-state index in [1.165, 1.54) is 29.2 Å². The van der Waals surface area contributed by atoms with Crippen LogP contribution in [0.1, 0.15) is 43.7 Å². The number of para-hydroxylation sites is 1. The molecule has 39 heavy (non-hydrogen) atoms. The van der Waals surface area contributed by atoms with Gasteiger partial charge in [-0.25, -0.2) is 8.42 Å². The summed E-state index contributed by atoms with van der Waals surface area (Å²) in [5, 5.41) is 3.49. The average molecular weight is 568 g/mol. The Morgan fingerprint density at radius 1 is 0.949 bits per heavy atom. The predicted octanol–water partition coefficient (Wildman–Crippen LogP) is 5.32. The van der Waals surface area contributed by atoms with E-state index in [2.05, 4.69) is 5.32 Å². The van der Waals surface area contributed by atoms with Crippen LogP contribution >= 0.6 is 11.6 Å². The number of anilines is 1. The maximum absolute atomic E-state index is 14.0. The van der Waals surface area contributed by atoms with Gasteiger partial charge in [0.05, 0.1) is 10.6 Å². The van der Waals surface area contributed by atoms with Crippen molar-refractivity contribution in [3.63, 3.8) is 0 Å². The summed E-state index contributed by atoms with van der Waals surface area (Å²) in [4.78, 5) is 28.7. The van der Waals surface area contributed by atoms with Gasteiger partial charge >= 0.3 is 0 Å². The first-order valence-electron chi connectivity index (χ1n) is 13.1. The normalized spacial score (nSPS) is 14.5. The summed E-state index contributed by atoms with van der Waals surface area (Å²) in [5.74, 6) is -0.718. The van der Waals surface area contributed by atoms with Crippen molar-refractivity contribution < 1.29 is 18.0 Å². The van der Waals surface area contributed by atoms with Gasteiger partial charge in [0.25, 0.3) is 10.0 Å². The summed E-state index contributed by atoms with van der Waals surface area (Å²) < 4.78 is 28.7. The summed E-state index contributed by atoms with van der Waals surface area (Å²) in [7, 11) is -4.12. The number of carbonyl (C=O) groups excluding carboxylic acids is 2. The highest BCUT2D eigenvalue weighted by Gasteiger charge is 2.33. The molecular formula is C30H34ClN3O4S. The molecule has 1 saturated carbocycles. The van der Waals surface area contributed by atoms with Crippen LogP contribution < -0.4 is 9.62 Å². The molecular weight excluding hydrogens is 534 g/mol. The Morgan fingerprint density at radius 2 is 1.56 bits per heavy atom. The number of halogens is 1. The van der Waals surface area contributed by atoms with Gasteiger partial charge in [-0.2, -0.15) is 0 Å². The minimum Gasteiger partial charge on any atom is -0.352 e. The predicted molar refractivity (Wildman–Crippen MR) is 154 cm³/mol. The molecule has 0 saturated heterocycles.